The summed E-state index contributed by atoms with van der Waals surface area (Å²) >= 11 is 0. The molecule has 4 aromatic heterocycles. The van der Waals surface area contributed by atoms with Crippen LogP contribution in [0.5, 0.6) is 0 Å². The first-order valence-corrected chi connectivity index (χ1v) is 20.6. The van der Waals surface area contributed by atoms with Gasteiger partial charge in [0.2, 0.25) is 0 Å². The summed E-state index contributed by atoms with van der Waals surface area (Å²) in [5, 5.41) is 11.2. The second kappa shape index (κ2) is 19.5. The van der Waals surface area contributed by atoms with Gasteiger partial charge in [-0.05, 0) is 127 Å². The molecule has 9 rings (SSSR count). The van der Waals surface area contributed by atoms with Crippen LogP contribution in [-0.2, 0) is 58.3 Å². The summed E-state index contributed by atoms with van der Waals surface area (Å²) in [5.74, 6) is -0.432. The van der Waals surface area contributed by atoms with Crippen molar-refractivity contribution in [3.05, 3.63) is 207 Å². The summed E-state index contributed by atoms with van der Waals surface area (Å²) in [5.41, 5.74) is 3.81. The van der Waals surface area contributed by atoms with E-state index in [2.05, 4.69) is 39.2 Å². The van der Waals surface area contributed by atoms with Crippen molar-refractivity contribution in [1.29, 1.82) is 5.26 Å². The molecule has 316 valence electrons. The third-order valence-electron chi connectivity index (χ3n) is 10.9. The molecule has 0 spiro atoms. The van der Waals surface area contributed by atoms with E-state index < -0.39 is 60.8 Å². The molecule has 0 amide bonds. The summed E-state index contributed by atoms with van der Waals surface area (Å²) in [6, 6.07) is 40.6. The summed E-state index contributed by atoms with van der Waals surface area (Å²) in [6.45, 7) is 8.61. The molecule has 5 nitrogen and oxygen atoms in total. The van der Waals surface area contributed by atoms with E-state index >= 15 is 0 Å². The van der Waals surface area contributed by atoms with Gasteiger partial charge in [0.25, 0.3) is 0 Å². The fourth-order valence-corrected chi connectivity index (χ4v) is 7.48. The Kier molecular flexibility index (Phi) is 9.54. The van der Waals surface area contributed by atoms with Gasteiger partial charge in [0.1, 0.15) is 5.58 Å². The zero-order valence-corrected chi connectivity index (χ0v) is 38.1. The van der Waals surface area contributed by atoms with Crippen molar-refractivity contribution in [2.45, 2.75) is 78.8 Å². The minimum atomic E-state index is -3.16. The Balaban J connectivity index is 0.00000765. The van der Waals surface area contributed by atoms with Crippen LogP contribution in [0.25, 0.3) is 55.7 Å². The number of rotatable bonds is 13. The van der Waals surface area contributed by atoms with Crippen molar-refractivity contribution in [2.24, 2.45) is 0 Å². The molecular weight excluding hydrogens is 961 g/mol. The summed E-state index contributed by atoms with van der Waals surface area (Å²) in [6.07, 6.45) is -14.6. The quantitative estimate of drug-likeness (QED) is 0.108. The molecule has 0 aliphatic heterocycles. The van der Waals surface area contributed by atoms with Gasteiger partial charge in [0.05, 0.1) is 17.2 Å². The van der Waals surface area contributed by atoms with Crippen LogP contribution in [0.4, 0.5) is 0 Å². The van der Waals surface area contributed by atoms with Gasteiger partial charge in [-0.2, -0.15) is 5.26 Å². The van der Waals surface area contributed by atoms with E-state index in [0.29, 0.717) is 72.8 Å². The molecule has 4 heterocycles. The maximum absolute atomic E-state index is 9.77. The predicted molar refractivity (Wildman–Crippen MR) is 254 cm³/mol. The van der Waals surface area contributed by atoms with Gasteiger partial charge in [0, 0.05) is 46.0 Å². The predicted octanol–water partition coefficient (Wildman–Crippen LogP) is 13.4. The van der Waals surface area contributed by atoms with E-state index in [9.17, 15) is 21.7 Å². The van der Waals surface area contributed by atoms with E-state index in [0.717, 1.165) is 29.0 Å². The third kappa shape index (κ3) is 9.39. The van der Waals surface area contributed by atoms with Gasteiger partial charge >= 0.3 is 20.1 Å². The van der Waals surface area contributed by atoms with Gasteiger partial charge in [-0.3, -0.25) is 0 Å². The Hall–Kier alpha value is -6.51. The number of nitriles is 1. The molecule has 0 saturated heterocycles. The summed E-state index contributed by atoms with van der Waals surface area (Å²) in [4.78, 5) is 13.6. The number of nitrogens with zero attached hydrogens (tertiary/aromatic N) is 4. The van der Waals surface area contributed by atoms with Crippen molar-refractivity contribution in [3.63, 3.8) is 0 Å². The molecule has 0 aliphatic rings. The molecular formula is C58H49IrN4O. The van der Waals surface area contributed by atoms with E-state index in [-0.39, 0.29) is 36.8 Å². The number of hydrogen-bond donors (Lipinski definition) is 0. The molecule has 5 aromatic carbocycles. The number of aryl methyl sites for hydroxylation is 9. The van der Waals surface area contributed by atoms with Gasteiger partial charge in [0.15, 0.2) is 0 Å². The minimum Gasteiger partial charge on any atom is -0.500 e. The van der Waals surface area contributed by atoms with Gasteiger partial charge in [-0.1, -0.05) is 78.4 Å². The molecule has 0 fully saturated rings. The van der Waals surface area contributed by atoms with Crippen LogP contribution in [-0.4, -0.2) is 15.0 Å². The second-order valence-corrected chi connectivity index (χ2v) is 15.6. The summed E-state index contributed by atoms with van der Waals surface area (Å²) < 4.78 is 122. The number of fused-ring (bicyclic) bond motifs is 3. The molecule has 0 N–H and O–H groups in total. The summed E-state index contributed by atoms with van der Waals surface area (Å²) in [7, 11) is 0. The van der Waals surface area contributed by atoms with Crippen LogP contribution in [0.2, 0.25) is 0 Å². The molecule has 0 radical (unpaired) electrons. The fraction of sp³-hybridized carbons (Fsp3) is 0.207. The van der Waals surface area contributed by atoms with E-state index in [4.69, 9.17) is 4.42 Å². The smallest absolute Gasteiger partial charge is 0.500 e. The molecule has 6 heteroatoms. The normalized spacial score (nSPS) is 15.4. The Morgan fingerprint density at radius 2 is 1.12 bits per heavy atom. The van der Waals surface area contributed by atoms with Crippen LogP contribution >= 0.6 is 0 Å². The molecule has 0 aliphatic carbocycles. The third-order valence-corrected chi connectivity index (χ3v) is 10.9. The van der Waals surface area contributed by atoms with Gasteiger partial charge < -0.3 is 19.4 Å². The maximum atomic E-state index is 9.77. The van der Waals surface area contributed by atoms with E-state index in [1.54, 1.807) is 99.6 Å². The largest absolute Gasteiger partial charge is 3.00 e. The van der Waals surface area contributed by atoms with Crippen molar-refractivity contribution in [1.82, 2.24) is 15.0 Å². The standard InChI is InChI=1S/C58H49N4O.Ir/c1-37(2)53-32-56(52-18-12-17-50-51-26-25-46(33-59)40(5)57(51)63-58(50)52)62-36-49(53)24-21-43-30-41(19-22-47-34-60-54(27-38(47)3)44-13-8-6-9-14-44)29-42(31-43)20-23-48-35-61-55(28-39(48)4)45-15-10-7-11-16-45;/h6-13,15,17,25-32,34-37H,19-24H2,1-5H3;/q-3;+3/i19D2,20D2,21D2,22D2,23D2,24D2;. The average molecular weight is 1020 g/mol. The first-order chi connectivity index (χ1) is 35.2. The molecule has 0 bridgehead atoms. The van der Waals surface area contributed by atoms with Crippen molar-refractivity contribution < 1.29 is 41.0 Å². The van der Waals surface area contributed by atoms with E-state index in [1.165, 1.54) is 18.6 Å². The first-order valence-electron chi connectivity index (χ1n) is 26.6. The molecule has 0 unspecified atom stereocenters. The average Bonchev–Trinajstić information content (AvgIpc) is 3.78. The Morgan fingerprint density at radius 3 is 1.64 bits per heavy atom. The number of aromatic nitrogens is 3. The molecule has 0 saturated carbocycles. The number of benzene rings is 5. The van der Waals surface area contributed by atoms with Crippen LogP contribution in [0.1, 0.15) is 97.4 Å². The van der Waals surface area contributed by atoms with E-state index in [1.807, 2.05) is 26.0 Å². The first kappa shape index (κ1) is 31.4. The molecule has 9 aromatic rings. The van der Waals surface area contributed by atoms with Crippen LogP contribution in [0.3, 0.4) is 0 Å². The van der Waals surface area contributed by atoms with Crippen molar-refractivity contribution in [2.75, 3.05) is 0 Å². The fourth-order valence-electron chi connectivity index (χ4n) is 7.48. The SMILES string of the molecule is [2H]C([2H])(c1cc(C([2H])([2H])C([2H])([2H])c2cnc(-c3[c-]cccc3)cc2C)cc(C([2H])([2H])C([2H])([2H])c2cnc(-c3[c-]ccc4c3oc3c(C)c(C#N)ccc34)cc2C(C)C)c1)C([2H])([2H])c1cnc(-c2[c-]cccc2)cc1C.[Ir+3]. The maximum Gasteiger partial charge on any atom is 3.00 e. The molecule has 0 atom stereocenters. The second-order valence-electron chi connectivity index (χ2n) is 15.6. The van der Waals surface area contributed by atoms with Crippen LogP contribution in [0, 0.1) is 50.3 Å². The zero-order chi connectivity index (χ0) is 54.2. The topological polar surface area (TPSA) is 75.6 Å². The Morgan fingerprint density at radius 1 is 0.594 bits per heavy atom. The van der Waals surface area contributed by atoms with Crippen molar-refractivity contribution in [3.8, 4) is 39.8 Å². The zero-order valence-electron chi connectivity index (χ0n) is 47.7. The molecule has 64 heavy (non-hydrogen) atoms. The van der Waals surface area contributed by atoms with Crippen LogP contribution < -0.4 is 0 Å². The van der Waals surface area contributed by atoms with Gasteiger partial charge in [-0.25, -0.2) is 0 Å². The van der Waals surface area contributed by atoms with Crippen LogP contribution in [0.15, 0.2) is 132 Å². The minimum absolute atomic E-state index is 0. The Bertz CT molecular complexity index is 3590. The number of hydrogen-bond acceptors (Lipinski definition) is 5. The number of furan rings is 1. The van der Waals surface area contributed by atoms with Gasteiger partial charge in [-0.15, -0.1) is 90.0 Å². The van der Waals surface area contributed by atoms with Crippen molar-refractivity contribution >= 4 is 21.9 Å². The Labute approximate surface area is 407 Å². The monoisotopic (exact) mass is 1020 g/mol. The number of pyridine rings is 3.